The first kappa shape index (κ1) is 25.3. The van der Waals surface area contributed by atoms with Crippen molar-refractivity contribution in [1.29, 1.82) is 0 Å². The zero-order valence-electron chi connectivity index (χ0n) is 21.5. The number of hydrogen-bond acceptors (Lipinski definition) is 8. The molecule has 0 amide bonds. The van der Waals surface area contributed by atoms with E-state index in [4.69, 9.17) is 19.7 Å². The lowest BCUT2D eigenvalue weighted by Gasteiger charge is -2.18. The molecule has 3 aromatic carbocycles. The van der Waals surface area contributed by atoms with E-state index in [-0.39, 0.29) is 5.69 Å². The molecule has 10 nitrogen and oxygen atoms in total. The number of non-ortho nitro benzene ring substituents is 1. The number of nitro groups is 1. The third-order valence-corrected chi connectivity index (χ3v) is 7.10. The maximum atomic E-state index is 11.1. The number of nitro benzene ring substituents is 1. The van der Waals surface area contributed by atoms with Gasteiger partial charge in [0.1, 0.15) is 18.9 Å². The van der Waals surface area contributed by atoms with Crippen LogP contribution in [0.2, 0.25) is 0 Å². The normalized spacial score (nSPS) is 13.2. The highest BCUT2D eigenvalue weighted by molar-refractivity contribution is 7.07. The maximum absolute atomic E-state index is 11.1. The number of thiazole rings is 1. The Hall–Kier alpha value is -5.03. The Bertz CT molecular complexity index is 1770. The van der Waals surface area contributed by atoms with Crippen LogP contribution < -0.4 is 14.3 Å². The van der Waals surface area contributed by atoms with Gasteiger partial charge in [-0.1, -0.05) is 18.2 Å². The highest BCUT2D eigenvalue weighted by Gasteiger charge is 2.17. The van der Waals surface area contributed by atoms with Gasteiger partial charge in [-0.05, 0) is 49.4 Å². The van der Waals surface area contributed by atoms with Gasteiger partial charge in [0, 0.05) is 46.9 Å². The molecule has 0 unspecified atom stereocenters. The average molecular weight is 553 g/mol. The van der Waals surface area contributed by atoms with E-state index in [1.54, 1.807) is 23.0 Å². The first-order chi connectivity index (χ1) is 19.6. The minimum absolute atomic E-state index is 0.0323. The molecule has 0 saturated carbocycles. The molecule has 1 aliphatic rings. The van der Waals surface area contributed by atoms with Crippen LogP contribution in [0.4, 0.5) is 5.69 Å². The molecule has 6 rings (SSSR count). The van der Waals surface area contributed by atoms with E-state index in [1.165, 1.54) is 23.5 Å². The van der Waals surface area contributed by atoms with Crippen molar-refractivity contribution in [2.45, 2.75) is 6.92 Å². The predicted molar refractivity (Wildman–Crippen MR) is 153 cm³/mol. The smallest absolute Gasteiger partial charge is 0.269 e. The van der Waals surface area contributed by atoms with E-state index in [0.29, 0.717) is 36.1 Å². The Labute approximate surface area is 233 Å². The van der Waals surface area contributed by atoms with Crippen LogP contribution in [0.15, 0.2) is 94.5 Å². The van der Waals surface area contributed by atoms with Crippen molar-refractivity contribution in [3.05, 3.63) is 105 Å². The van der Waals surface area contributed by atoms with Gasteiger partial charge < -0.3 is 9.47 Å². The van der Waals surface area contributed by atoms with Gasteiger partial charge in [0.15, 0.2) is 11.5 Å². The van der Waals surface area contributed by atoms with Gasteiger partial charge in [-0.3, -0.25) is 15.1 Å². The molecule has 0 bridgehead atoms. The van der Waals surface area contributed by atoms with Gasteiger partial charge in [-0.25, -0.2) is 9.36 Å². The largest absolute Gasteiger partial charge is 0.486 e. The fourth-order valence-electron chi connectivity index (χ4n) is 4.34. The Balaban J connectivity index is 1.45. The molecule has 1 aliphatic heterocycles. The van der Waals surface area contributed by atoms with Crippen LogP contribution in [0.1, 0.15) is 12.5 Å². The van der Waals surface area contributed by atoms with Crippen molar-refractivity contribution in [3.8, 4) is 39.7 Å². The van der Waals surface area contributed by atoms with E-state index < -0.39 is 4.92 Å². The van der Waals surface area contributed by atoms with Crippen LogP contribution in [0.5, 0.6) is 11.5 Å². The Morgan fingerprint density at radius 3 is 2.52 bits per heavy atom. The molecule has 0 N–H and O–H groups in total. The molecule has 3 heterocycles. The van der Waals surface area contributed by atoms with Gasteiger partial charge in [-0.2, -0.15) is 10.2 Å². The predicted octanol–water partition coefficient (Wildman–Crippen LogP) is 5.55. The summed E-state index contributed by atoms with van der Waals surface area (Å²) in [6.07, 6.45) is 3.69. The van der Waals surface area contributed by atoms with Crippen molar-refractivity contribution >= 4 is 23.2 Å². The summed E-state index contributed by atoms with van der Waals surface area (Å²) in [4.78, 5) is 16.0. The van der Waals surface area contributed by atoms with Crippen LogP contribution in [-0.2, 0) is 0 Å². The summed E-state index contributed by atoms with van der Waals surface area (Å²) < 4.78 is 15.1. The molecule has 0 atom stereocenters. The summed E-state index contributed by atoms with van der Waals surface area (Å²) in [5.74, 6) is 1.39. The maximum Gasteiger partial charge on any atom is 0.269 e. The first-order valence-electron chi connectivity index (χ1n) is 12.7. The molecule has 0 fully saturated rings. The highest BCUT2D eigenvalue weighted by atomic mass is 32.1. The standard InChI is InChI=1S/C29H24N6O4S/c1-2-30-29-34(25(19-40-29)20-8-11-24(12-9-20)35(36)37)31-17-22-18-33(23-6-4-3-5-7-23)32-28(22)21-10-13-26-27(16-21)39-15-14-38-26/h3-13,16-19H,2,14-15H2,1H3. The summed E-state index contributed by atoms with van der Waals surface area (Å²) in [6, 6.07) is 22.1. The lowest BCUT2D eigenvalue weighted by molar-refractivity contribution is -0.384. The summed E-state index contributed by atoms with van der Waals surface area (Å²) in [7, 11) is 0. The monoisotopic (exact) mass is 552 g/mol. The molecule has 0 spiro atoms. The van der Waals surface area contributed by atoms with Crippen molar-refractivity contribution in [2.24, 2.45) is 10.1 Å². The van der Waals surface area contributed by atoms with E-state index in [0.717, 1.165) is 33.8 Å². The number of aromatic nitrogens is 3. The second-order valence-corrected chi connectivity index (χ2v) is 9.65. The second-order valence-electron chi connectivity index (χ2n) is 8.81. The fraction of sp³-hybridized carbons (Fsp3) is 0.138. The molecule has 200 valence electrons. The number of hydrogen-bond donors (Lipinski definition) is 0. The summed E-state index contributed by atoms with van der Waals surface area (Å²) in [5.41, 5.74) is 4.90. The zero-order valence-corrected chi connectivity index (χ0v) is 22.3. The molecule has 5 aromatic rings. The van der Waals surface area contributed by atoms with Crippen LogP contribution in [0.3, 0.4) is 0 Å². The number of nitrogens with zero attached hydrogens (tertiary/aromatic N) is 6. The average Bonchev–Trinajstić information content (AvgIpc) is 3.61. The molecule has 0 aliphatic carbocycles. The molecule has 40 heavy (non-hydrogen) atoms. The number of para-hydroxylation sites is 1. The Morgan fingerprint density at radius 1 is 1.02 bits per heavy atom. The zero-order chi connectivity index (χ0) is 27.5. The van der Waals surface area contributed by atoms with E-state index in [9.17, 15) is 10.1 Å². The topological polar surface area (TPSA) is 109 Å². The number of fused-ring (bicyclic) bond motifs is 1. The minimum atomic E-state index is -0.411. The van der Waals surface area contributed by atoms with Crippen LogP contribution in [-0.4, -0.2) is 45.4 Å². The van der Waals surface area contributed by atoms with Gasteiger partial charge in [-0.15, -0.1) is 11.3 Å². The molecule has 2 aromatic heterocycles. The van der Waals surface area contributed by atoms with Crippen molar-refractivity contribution in [1.82, 2.24) is 14.5 Å². The molecular formula is C29H24N6O4S. The van der Waals surface area contributed by atoms with Crippen molar-refractivity contribution in [3.63, 3.8) is 0 Å². The molecule has 0 radical (unpaired) electrons. The Morgan fingerprint density at radius 2 is 1.77 bits per heavy atom. The lowest BCUT2D eigenvalue weighted by atomic mass is 10.1. The van der Waals surface area contributed by atoms with Crippen LogP contribution in [0, 0.1) is 10.1 Å². The Kier molecular flexibility index (Phi) is 6.94. The van der Waals surface area contributed by atoms with E-state index >= 15 is 0 Å². The number of benzene rings is 3. The first-order valence-corrected chi connectivity index (χ1v) is 13.5. The third kappa shape index (κ3) is 5.02. The van der Waals surface area contributed by atoms with E-state index in [1.807, 2.05) is 71.7 Å². The van der Waals surface area contributed by atoms with Gasteiger partial charge in [0.2, 0.25) is 4.80 Å². The van der Waals surface area contributed by atoms with Crippen molar-refractivity contribution in [2.75, 3.05) is 19.8 Å². The lowest BCUT2D eigenvalue weighted by Crippen LogP contribution is -2.15. The van der Waals surface area contributed by atoms with Crippen LogP contribution >= 0.6 is 11.3 Å². The highest BCUT2D eigenvalue weighted by Crippen LogP contribution is 2.35. The SMILES string of the molecule is CCN=c1scc(-c2ccc([N+](=O)[O-])cc2)n1N=Cc1cn(-c2ccccc2)nc1-c1ccc2c(c1)OCCO2. The molecule has 11 heteroatoms. The van der Waals surface area contributed by atoms with Gasteiger partial charge in [0.25, 0.3) is 5.69 Å². The quantitative estimate of drug-likeness (QED) is 0.149. The molecule has 0 saturated heterocycles. The minimum Gasteiger partial charge on any atom is -0.486 e. The molecular weight excluding hydrogens is 528 g/mol. The number of ether oxygens (including phenoxy) is 2. The van der Waals surface area contributed by atoms with Gasteiger partial charge in [0.05, 0.1) is 22.5 Å². The van der Waals surface area contributed by atoms with Crippen molar-refractivity contribution < 1.29 is 14.4 Å². The third-order valence-electron chi connectivity index (χ3n) is 6.24. The fourth-order valence-corrected chi connectivity index (χ4v) is 5.24. The summed E-state index contributed by atoms with van der Waals surface area (Å²) >= 11 is 1.46. The van der Waals surface area contributed by atoms with E-state index in [2.05, 4.69) is 4.99 Å². The second kappa shape index (κ2) is 11.0. The summed E-state index contributed by atoms with van der Waals surface area (Å²) in [6.45, 7) is 3.56. The van der Waals surface area contributed by atoms with Gasteiger partial charge >= 0.3 is 0 Å². The number of rotatable bonds is 7. The summed E-state index contributed by atoms with van der Waals surface area (Å²) in [5, 5.41) is 22.8. The van der Waals surface area contributed by atoms with Crippen LogP contribution in [0.25, 0.3) is 28.2 Å².